The van der Waals surface area contributed by atoms with Gasteiger partial charge in [-0.1, -0.05) is 11.3 Å². The molecule has 2 aromatic rings. The molecule has 24 heavy (non-hydrogen) atoms. The Morgan fingerprint density at radius 2 is 2.25 bits per heavy atom. The predicted molar refractivity (Wildman–Crippen MR) is 89.1 cm³/mol. The second kappa shape index (κ2) is 6.60. The largest absolute Gasteiger partial charge is 0.450 e. The van der Waals surface area contributed by atoms with Crippen molar-refractivity contribution in [3.63, 3.8) is 0 Å². The van der Waals surface area contributed by atoms with Crippen LogP contribution < -0.4 is 5.32 Å². The third kappa shape index (κ3) is 3.12. The Bertz CT molecular complexity index is 763. The van der Waals surface area contributed by atoms with Crippen molar-refractivity contribution in [2.24, 2.45) is 7.05 Å². The van der Waals surface area contributed by atoms with Gasteiger partial charge in [0.2, 0.25) is 0 Å². The van der Waals surface area contributed by atoms with Crippen molar-refractivity contribution >= 4 is 28.5 Å². The molecule has 9 heteroatoms. The first-order chi connectivity index (χ1) is 11.5. The highest BCUT2D eigenvalue weighted by atomic mass is 32.1. The number of ether oxygens (including phenoxy) is 1. The number of amides is 2. The summed E-state index contributed by atoms with van der Waals surface area (Å²) < 4.78 is 6.58. The molecule has 0 radical (unpaired) electrons. The number of hydrogen-bond acceptors (Lipinski definition) is 6. The number of aryl methyl sites for hydroxylation is 2. The molecular weight excluding hydrogens is 330 g/mol. The number of carbonyl (C=O) groups is 2. The van der Waals surface area contributed by atoms with Gasteiger partial charge in [-0.25, -0.2) is 9.78 Å². The third-order valence-electron chi connectivity index (χ3n) is 3.81. The Morgan fingerprint density at radius 3 is 2.92 bits per heavy atom. The van der Waals surface area contributed by atoms with Crippen LogP contribution in [0.1, 0.15) is 33.5 Å². The zero-order valence-corrected chi connectivity index (χ0v) is 14.6. The van der Waals surface area contributed by atoms with Crippen molar-refractivity contribution in [1.29, 1.82) is 0 Å². The average Bonchev–Trinajstić information content (AvgIpc) is 3.09. The van der Waals surface area contributed by atoms with Gasteiger partial charge in [-0.2, -0.15) is 5.10 Å². The van der Waals surface area contributed by atoms with Gasteiger partial charge in [0.05, 0.1) is 25.0 Å². The lowest BCUT2D eigenvalue weighted by atomic mass is 10.2. The van der Waals surface area contributed by atoms with E-state index in [0.29, 0.717) is 36.9 Å². The van der Waals surface area contributed by atoms with Crippen molar-refractivity contribution in [2.75, 3.05) is 18.5 Å². The van der Waals surface area contributed by atoms with Crippen LogP contribution in [0.15, 0.2) is 6.20 Å². The molecule has 0 saturated carbocycles. The lowest BCUT2D eigenvalue weighted by Gasteiger charge is -2.24. The molecule has 2 amide bonds. The number of thiazole rings is 1. The number of anilines is 1. The van der Waals surface area contributed by atoms with Crippen LogP contribution in [0.5, 0.6) is 0 Å². The fourth-order valence-corrected chi connectivity index (χ4v) is 3.67. The quantitative estimate of drug-likeness (QED) is 0.915. The van der Waals surface area contributed by atoms with Gasteiger partial charge in [-0.3, -0.25) is 14.8 Å². The summed E-state index contributed by atoms with van der Waals surface area (Å²) in [5.41, 5.74) is 2.25. The number of nitrogens with one attached hydrogen (secondary N) is 1. The monoisotopic (exact) mass is 349 g/mol. The van der Waals surface area contributed by atoms with E-state index in [0.717, 1.165) is 16.1 Å². The Morgan fingerprint density at radius 1 is 1.46 bits per heavy atom. The highest BCUT2D eigenvalue weighted by molar-refractivity contribution is 7.15. The molecule has 0 spiro atoms. The SMILES string of the molecule is CCOC(=O)N1CCc2nc(NC(=O)c3c(C)cnn3C)sc2C1. The van der Waals surface area contributed by atoms with E-state index in [1.807, 2.05) is 6.92 Å². The van der Waals surface area contributed by atoms with Gasteiger partial charge >= 0.3 is 6.09 Å². The molecule has 0 atom stereocenters. The van der Waals surface area contributed by atoms with Crippen LogP contribution in [0.3, 0.4) is 0 Å². The molecular formula is C15H19N5O3S. The number of nitrogens with zero attached hydrogens (tertiary/aromatic N) is 4. The molecule has 128 valence electrons. The molecule has 0 bridgehead atoms. The van der Waals surface area contributed by atoms with Crippen LogP contribution in [0.2, 0.25) is 0 Å². The van der Waals surface area contributed by atoms with Crippen LogP contribution in [0.4, 0.5) is 9.93 Å². The summed E-state index contributed by atoms with van der Waals surface area (Å²) in [7, 11) is 1.73. The predicted octanol–water partition coefficient (Wildman–Crippen LogP) is 1.95. The van der Waals surface area contributed by atoms with Crippen molar-refractivity contribution < 1.29 is 14.3 Å². The van der Waals surface area contributed by atoms with Gasteiger partial charge in [-0.15, -0.1) is 0 Å². The van der Waals surface area contributed by atoms with E-state index < -0.39 is 0 Å². The lowest BCUT2D eigenvalue weighted by molar-refractivity contribution is 0.101. The number of rotatable bonds is 3. The zero-order chi connectivity index (χ0) is 17.3. The first-order valence-corrected chi connectivity index (χ1v) is 8.51. The zero-order valence-electron chi connectivity index (χ0n) is 13.8. The normalized spacial score (nSPS) is 13.5. The van der Waals surface area contributed by atoms with Crippen LogP contribution in [0.25, 0.3) is 0 Å². The fraction of sp³-hybridized carbons (Fsp3) is 0.467. The van der Waals surface area contributed by atoms with Gasteiger partial charge < -0.3 is 9.64 Å². The van der Waals surface area contributed by atoms with Crippen molar-refractivity contribution in [3.8, 4) is 0 Å². The summed E-state index contributed by atoms with van der Waals surface area (Å²) in [6.45, 7) is 5.02. The van der Waals surface area contributed by atoms with Crippen LogP contribution in [-0.2, 0) is 24.8 Å². The van der Waals surface area contributed by atoms with E-state index >= 15 is 0 Å². The topological polar surface area (TPSA) is 89.3 Å². The minimum atomic E-state index is -0.312. The minimum absolute atomic E-state index is 0.235. The maximum Gasteiger partial charge on any atom is 0.410 e. The lowest BCUT2D eigenvalue weighted by Crippen LogP contribution is -2.35. The van der Waals surface area contributed by atoms with Crippen LogP contribution in [-0.4, -0.2) is 44.8 Å². The van der Waals surface area contributed by atoms with E-state index in [4.69, 9.17) is 4.74 Å². The number of fused-ring (bicyclic) bond motifs is 1. The first kappa shape index (κ1) is 16.4. The second-order valence-electron chi connectivity index (χ2n) is 5.51. The van der Waals surface area contributed by atoms with Crippen LogP contribution >= 0.6 is 11.3 Å². The summed E-state index contributed by atoms with van der Waals surface area (Å²) >= 11 is 1.39. The second-order valence-corrected chi connectivity index (χ2v) is 6.60. The van der Waals surface area contributed by atoms with E-state index in [-0.39, 0.29) is 12.0 Å². The van der Waals surface area contributed by atoms with Crippen molar-refractivity contribution in [1.82, 2.24) is 19.7 Å². The van der Waals surface area contributed by atoms with Gasteiger partial charge in [0.25, 0.3) is 5.91 Å². The summed E-state index contributed by atoms with van der Waals surface area (Å²) in [6, 6.07) is 0. The maximum absolute atomic E-state index is 12.4. The maximum atomic E-state index is 12.4. The van der Waals surface area contributed by atoms with Crippen molar-refractivity contribution in [2.45, 2.75) is 26.8 Å². The molecule has 1 N–H and O–H groups in total. The van der Waals surface area contributed by atoms with E-state index in [9.17, 15) is 9.59 Å². The Balaban J connectivity index is 1.72. The fourth-order valence-electron chi connectivity index (χ4n) is 2.65. The number of aromatic nitrogens is 3. The van der Waals surface area contributed by atoms with Gasteiger partial charge in [0.15, 0.2) is 5.13 Å². The molecule has 8 nitrogen and oxygen atoms in total. The average molecular weight is 349 g/mol. The molecule has 1 aliphatic heterocycles. The van der Waals surface area contributed by atoms with Gasteiger partial charge in [-0.05, 0) is 19.4 Å². The van der Waals surface area contributed by atoms with Crippen molar-refractivity contribution in [3.05, 3.63) is 28.0 Å². The summed E-state index contributed by atoms with van der Waals surface area (Å²) in [4.78, 5) is 31.3. The Labute approximate surface area is 143 Å². The van der Waals surface area contributed by atoms with E-state index in [1.165, 1.54) is 11.3 Å². The highest BCUT2D eigenvalue weighted by Crippen LogP contribution is 2.29. The van der Waals surface area contributed by atoms with Gasteiger partial charge in [0.1, 0.15) is 5.69 Å². The molecule has 0 aliphatic carbocycles. The molecule has 0 fully saturated rings. The molecule has 0 unspecified atom stereocenters. The van der Waals surface area contributed by atoms with Gasteiger partial charge in [0, 0.05) is 24.9 Å². The molecule has 1 aliphatic rings. The molecule has 3 rings (SSSR count). The highest BCUT2D eigenvalue weighted by Gasteiger charge is 2.25. The summed E-state index contributed by atoms with van der Waals surface area (Å²) in [5.74, 6) is -0.235. The molecule has 0 saturated heterocycles. The molecule has 3 heterocycles. The smallest absolute Gasteiger partial charge is 0.410 e. The Hall–Kier alpha value is -2.42. The summed E-state index contributed by atoms with van der Waals surface area (Å²) in [6.07, 6.45) is 2.00. The van der Waals surface area contributed by atoms with E-state index in [2.05, 4.69) is 15.4 Å². The minimum Gasteiger partial charge on any atom is -0.450 e. The third-order valence-corrected chi connectivity index (χ3v) is 4.81. The first-order valence-electron chi connectivity index (χ1n) is 7.69. The molecule has 0 aromatic carbocycles. The number of hydrogen-bond donors (Lipinski definition) is 1. The number of carbonyl (C=O) groups excluding carboxylic acids is 2. The van der Waals surface area contributed by atoms with Crippen LogP contribution in [0, 0.1) is 6.92 Å². The van der Waals surface area contributed by atoms with E-state index in [1.54, 1.807) is 29.7 Å². The standard InChI is InChI=1S/C15H19N5O3S/c1-4-23-15(22)20-6-5-10-11(8-20)24-14(17-10)18-13(21)12-9(2)7-16-19(12)3/h7H,4-6,8H2,1-3H3,(H,17,18,21). The molecule has 2 aromatic heterocycles. The Kier molecular flexibility index (Phi) is 4.52. The summed E-state index contributed by atoms with van der Waals surface area (Å²) in [5, 5.41) is 7.44.